The van der Waals surface area contributed by atoms with Crippen molar-refractivity contribution in [3.63, 3.8) is 0 Å². The summed E-state index contributed by atoms with van der Waals surface area (Å²) in [7, 11) is 0. The van der Waals surface area contributed by atoms with Crippen molar-refractivity contribution >= 4 is 17.3 Å². The molecule has 0 amide bonds. The zero-order valence-electron chi connectivity index (χ0n) is 10.7. The molecule has 2 nitrogen and oxygen atoms in total. The number of nitrogens with one attached hydrogen (secondary N) is 1. The van der Waals surface area contributed by atoms with Crippen LogP contribution in [0.5, 0.6) is 0 Å². The minimum absolute atomic E-state index is 0.704. The normalized spacial score (nSPS) is 30.6. The molecule has 1 heterocycles. The molecule has 0 aromatic rings. The van der Waals surface area contributed by atoms with Gasteiger partial charge in [0.1, 0.15) is 0 Å². The quantitative estimate of drug-likeness (QED) is 0.760. The average Bonchev–Trinajstić information content (AvgIpc) is 3.04. The molecule has 0 unspecified atom stereocenters. The average molecular weight is 252 g/mol. The van der Waals surface area contributed by atoms with Crippen molar-refractivity contribution in [3.8, 4) is 0 Å². The van der Waals surface area contributed by atoms with Crippen LogP contribution < -0.4 is 5.32 Å². The predicted molar refractivity (Wildman–Crippen MR) is 75.1 cm³/mol. The van der Waals surface area contributed by atoms with E-state index in [9.17, 15) is 0 Å². The SMILES string of the molecule is S=C(NC1CC1)N1CCC[C@@H]1C1CCCCC1. The van der Waals surface area contributed by atoms with Gasteiger partial charge in [0.05, 0.1) is 0 Å². The summed E-state index contributed by atoms with van der Waals surface area (Å²) in [5, 5.41) is 4.58. The first-order valence-electron chi connectivity index (χ1n) is 7.42. The maximum absolute atomic E-state index is 5.59. The number of likely N-dealkylation sites (tertiary alicyclic amines) is 1. The lowest BCUT2D eigenvalue weighted by Gasteiger charge is -2.35. The smallest absolute Gasteiger partial charge is 0.169 e. The fourth-order valence-corrected chi connectivity index (χ4v) is 3.93. The minimum Gasteiger partial charge on any atom is -0.360 e. The Balaban J connectivity index is 1.59. The van der Waals surface area contributed by atoms with Crippen molar-refractivity contribution < 1.29 is 0 Å². The second-order valence-electron chi connectivity index (χ2n) is 6.02. The van der Waals surface area contributed by atoms with E-state index in [4.69, 9.17) is 12.2 Å². The molecular weight excluding hydrogens is 228 g/mol. The molecule has 3 heteroatoms. The first kappa shape index (κ1) is 11.8. The summed E-state index contributed by atoms with van der Waals surface area (Å²) < 4.78 is 0. The van der Waals surface area contributed by atoms with E-state index in [1.165, 1.54) is 64.3 Å². The zero-order chi connectivity index (χ0) is 11.7. The van der Waals surface area contributed by atoms with E-state index in [2.05, 4.69) is 10.2 Å². The highest BCUT2D eigenvalue weighted by Crippen LogP contribution is 2.34. The van der Waals surface area contributed by atoms with Crippen molar-refractivity contribution in [2.75, 3.05) is 6.54 Å². The largest absolute Gasteiger partial charge is 0.360 e. The van der Waals surface area contributed by atoms with Gasteiger partial charge in [-0.15, -0.1) is 0 Å². The van der Waals surface area contributed by atoms with Crippen LogP contribution in [0.4, 0.5) is 0 Å². The van der Waals surface area contributed by atoms with E-state index in [1.54, 1.807) is 0 Å². The summed E-state index contributed by atoms with van der Waals surface area (Å²) in [6, 6.07) is 1.46. The van der Waals surface area contributed by atoms with Crippen LogP contribution in [-0.2, 0) is 0 Å². The van der Waals surface area contributed by atoms with Gasteiger partial charge in [0, 0.05) is 18.6 Å². The van der Waals surface area contributed by atoms with Gasteiger partial charge in [-0.25, -0.2) is 0 Å². The Kier molecular flexibility index (Phi) is 3.55. The van der Waals surface area contributed by atoms with Crippen molar-refractivity contribution in [1.82, 2.24) is 10.2 Å². The fraction of sp³-hybridized carbons (Fsp3) is 0.929. The van der Waals surface area contributed by atoms with Gasteiger partial charge in [-0.05, 0) is 56.7 Å². The van der Waals surface area contributed by atoms with Crippen LogP contribution >= 0.6 is 12.2 Å². The molecule has 1 atom stereocenters. The molecule has 17 heavy (non-hydrogen) atoms. The molecule has 1 N–H and O–H groups in total. The number of nitrogens with zero attached hydrogens (tertiary/aromatic N) is 1. The Morgan fingerprint density at radius 2 is 1.71 bits per heavy atom. The van der Waals surface area contributed by atoms with Gasteiger partial charge in [0.25, 0.3) is 0 Å². The zero-order valence-corrected chi connectivity index (χ0v) is 11.5. The van der Waals surface area contributed by atoms with Crippen LogP contribution in [0.3, 0.4) is 0 Å². The summed E-state index contributed by atoms with van der Waals surface area (Å²) >= 11 is 5.59. The third-order valence-corrected chi connectivity index (χ3v) is 5.01. The molecule has 96 valence electrons. The Morgan fingerprint density at radius 1 is 0.941 bits per heavy atom. The molecule has 0 aromatic carbocycles. The molecule has 0 spiro atoms. The van der Waals surface area contributed by atoms with E-state index in [1.807, 2.05) is 0 Å². The third kappa shape index (κ3) is 2.75. The van der Waals surface area contributed by atoms with Crippen LogP contribution in [0.15, 0.2) is 0 Å². The molecule has 0 bridgehead atoms. The van der Waals surface area contributed by atoms with E-state index >= 15 is 0 Å². The van der Waals surface area contributed by atoms with E-state index in [-0.39, 0.29) is 0 Å². The lowest BCUT2D eigenvalue weighted by Crippen LogP contribution is -2.46. The second kappa shape index (κ2) is 5.13. The van der Waals surface area contributed by atoms with Crippen LogP contribution in [0.2, 0.25) is 0 Å². The minimum atomic E-state index is 0.704. The molecule has 3 aliphatic rings. The van der Waals surface area contributed by atoms with Crippen molar-refractivity contribution in [2.24, 2.45) is 5.92 Å². The lowest BCUT2D eigenvalue weighted by atomic mass is 9.83. The third-order valence-electron chi connectivity index (χ3n) is 4.66. The first-order valence-corrected chi connectivity index (χ1v) is 7.82. The molecule has 3 fully saturated rings. The van der Waals surface area contributed by atoms with Crippen molar-refractivity contribution in [1.29, 1.82) is 0 Å². The maximum Gasteiger partial charge on any atom is 0.169 e. The molecule has 0 aromatic heterocycles. The first-order chi connectivity index (χ1) is 8.34. The van der Waals surface area contributed by atoms with Crippen molar-refractivity contribution in [3.05, 3.63) is 0 Å². The summed E-state index contributed by atoms with van der Waals surface area (Å²) in [5.41, 5.74) is 0. The molecule has 1 saturated heterocycles. The number of hydrogen-bond donors (Lipinski definition) is 1. The lowest BCUT2D eigenvalue weighted by molar-refractivity contribution is 0.218. The van der Waals surface area contributed by atoms with Gasteiger partial charge in [-0.3, -0.25) is 0 Å². The number of rotatable bonds is 2. The standard InChI is InChI=1S/C14H24N2S/c17-14(15-12-8-9-12)16-10-4-7-13(16)11-5-2-1-3-6-11/h11-13H,1-10H2,(H,15,17)/t13-/m1/s1. The molecular formula is C14H24N2S. The summed E-state index contributed by atoms with van der Waals surface area (Å²) in [5.74, 6) is 0.921. The van der Waals surface area contributed by atoms with Crippen molar-refractivity contribution in [2.45, 2.75) is 69.9 Å². The summed E-state index contributed by atoms with van der Waals surface area (Å²) in [6.45, 7) is 1.19. The van der Waals surface area contributed by atoms with Crippen LogP contribution in [-0.4, -0.2) is 28.6 Å². The van der Waals surface area contributed by atoms with Gasteiger partial charge < -0.3 is 10.2 Å². The van der Waals surface area contributed by atoms with Gasteiger partial charge in [0.2, 0.25) is 0 Å². The Morgan fingerprint density at radius 3 is 2.41 bits per heavy atom. The second-order valence-corrected chi connectivity index (χ2v) is 6.41. The van der Waals surface area contributed by atoms with Crippen LogP contribution in [0, 0.1) is 5.92 Å². The van der Waals surface area contributed by atoms with Gasteiger partial charge in [-0.2, -0.15) is 0 Å². The molecule has 2 aliphatic carbocycles. The summed E-state index contributed by atoms with van der Waals surface area (Å²) in [4.78, 5) is 2.52. The van der Waals surface area contributed by atoms with E-state index in [0.29, 0.717) is 6.04 Å². The van der Waals surface area contributed by atoms with E-state index < -0.39 is 0 Å². The molecule has 3 rings (SSSR count). The number of hydrogen-bond acceptors (Lipinski definition) is 1. The highest BCUT2D eigenvalue weighted by molar-refractivity contribution is 7.80. The highest BCUT2D eigenvalue weighted by atomic mass is 32.1. The topological polar surface area (TPSA) is 15.3 Å². The number of thiocarbonyl (C=S) groups is 1. The highest BCUT2D eigenvalue weighted by Gasteiger charge is 2.35. The Bertz CT molecular complexity index is 282. The fourth-order valence-electron chi connectivity index (χ4n) is 3.54. The van der Waals surface area contributed by atoms with Gasteiger partial charge in [-0.1, -0.05) is 19.3 Å². The predicted octanol–water partition coefficient (Wildman–Crippen LogP) is 3.07. The summed E-state index contributed by atoms with van der Waals surface area (Å²) in [6.07, 6.45) is 12.6. The monoisotopic (exact) mass is 252 g/mol. The Labute approximate surface area is 110 Å². The van der Waals surface area contributed by atoms with Crippen LogP contribution in [0.25, 0.3) is 0 Å². The van der Waals surface area contributed by atoms with Gasteiger partial charge in [0.15, 0.2) is 5.11 Å². The maximum atomic E-state index is 5.59. The molecule has 2 saturated carbocycles. The Hall–Kier alpha value is -0.310. The molecule has 0 radical (unpaired) electrons. The van der Waals surface area contributed by atoms with E-state index in [0.717, 1.165) is 17.1 Å². The van der Waals surface area contributed by atoms with Crippen LogP contribution in [0.1, 0.15) is 57.8 Å². The molecule has 1 aliphatic heterocycles. The van der Waals surface area contributed by atoms with Gasteiger partial charge >= 0.3 is 0 Å².